The SMILES string of the molecule is Cc1noc(C)c1C(C)CC(=O)N1CCc2ccc(C(=O)O)cc2C1. The first-order valence-corrected chi connectivity index (χ1v) is 8.42. The number of amides is 1. The maximum absolute atomic E-state index is 12.7. The Morgan fingerprint density at radius 1 is 1.32 bits per heavy atom. The van der Waals surface area contributed by atoms with Gasteiger partial charge < -0.3 is 14.5 Å². The molecule has 2 aromatic rings. The number of hydrogen-bond acceptors (Lipinski definition) is 4. The first-order valence-electron chi connectivity index (χ1n) is 8.42. The van der Waals surface area contributed by atoms with E-state index in [2.05, 4.69) is 5.16 Å². The number of benzene rings is 1. The summed E-state index contributed by atoms with van der Waals surface area (Å²) in [6.45, 7) is 6.87. The fourth-order valence-electron chi connectivity index (χ4n) is 3.59. The van der Waals surface area contributed by atoms with Crippen molar-refractivity contribution in [2.24, 2.45) is 0 Å². The maximum atomic E-state index is 12.7. The summed E-state index contributed by atoms with van der Waals surface area (Å²) >= 11 is 0. The Hall–Kier alpha value is -2.63. The topological polar surface area (TPSA) is 83.6 Å². The quantitative estimate of drug-likeness (QED) is 0.923. The third kappa shape index (κ3) is 3.43. The highest BCUT2D eigenvalue weighted by Gasteiger charge is 2.25. The molecule has 2 heterocycles. The second-order valence-corrected chi connectivity index (χ2v) is 6.70. The molecule has 0 aliphatic carbocycles. The van der Waals surface area contributed by atoms with Crippen molar-refractivity contribution in [2.45, 2.75) is 46.1 Å². The van der Waals surface area contributed by atoms with Crippen LogP contribution < -0.4 is 0 Å². The van der Waals surface area contributed by atoms with Crippen LogP contribution in [0.3, 0.4) is 0 Å². The molecule has 1 aromatic heterocycles. The van der Waals surface area contributed by atoms with Crippen LogP contribution in [0, 0.1) is 13.8 Å². The Bertz CT molecular complexity index is 805. The molecule has 1 atom stereocenters. The minimum atomic E-state index is -0.946. The molecule has 1 amide bonds. The molecule has 6 heteroatoms. The van der Waals surface area contributed by atoms with Crippen LogP contribution in [-0.2, 0) is 17.8 Å². The molecule has 0 saturated heterocycles. The minimum Gasteiger partial charge on any atom is -0.478 e. The lowest BCUT2D eigenvalue weighted by atomic mass is 9.94. The summed E-state index contributed by atoms with van der Waals surface area (Å²) in [5, 5.41) is 13.1. The van der Waals surface area contributed by atoms with Gasteiger partial charge in [0.1, 0.15) is 5.76 Å². The van der Waals surface area contributed by atoms with Gasteiger partial charge >= 0.3 is 5.97 Å². The molecule has 25 heavy (non-hydrogen) atoms. The van der Waals surface area contributed by atoms with Crippen molar-refractivity contribution < 1.29 is 19.2 Å². The van der Waals surface area contributed by atoms with Crippen LogP contribution in [0.4, 0.5) is 0 Å². The van der Waals surface area contributed by atoms with Crippen molar-refractivity contribution in [1.29, 1.82) is 0 Å². The van der Waals surface area contributed by atoms with Gasteiger partial charge in [-0.2, -0.15) is 0 Å². The van der Waals surface area contributed by atoms with E-state index in [9.17, 15) is 9.59 Å². The number of aryl methyl sites for hydroxylation is 2. The lowest BCUT2D eigenvalue weighted by molar-refractivity contribution is -0.132. The average molecular weight is 342 g/mol. The molecule has 132 valence electrons. The van der Waals surface area contributed by atoms with E-state index >= 15 is 0 Å². The summed E-state index contributed by atoms with van der Waals surface area (Å²) in [6, 6.07) is 5.15. The summed E-state index contributed by atoms with van der Waals surface area (Å²) in [7, 11) is 0. The van der Waals surface area contributed by atoms with Crippen molar-refractivity contribution in [1.82, 2.24) is 10.1 Å². The number of rotatable bonds is 4. The van der Waals surface area contributed by atoms with Gasteiger partial charge in [-0.3, -0.25) is 4.79 Å². The minimum absolute atomic E-state index is 0.0329. The zero-order valence-corrected chi connectivity index (χ0v) is 14.7. The van der Waals surface area contributed by atoms with E-state index in [1.165, 1.54) is 0 Å². The lowest BCUT2D eigenvalue weighted by Gasteiger charge is -2.30. The third-order valence-electron chi connectivity index (χ3n) is 4.88. The van der Waals surface area contributed by atoms with E-state index < -0.39 is 5.97 Å². The molecular formula is C19H22N2O4. The second kappa shape index (κ2) is 6.70. The molecule has 1 aliphatic heterocycles. The average Bonchev–Trinajstić information content (AvgIpc) is 2.92. The predicted molar refractivity (Wildman–Crippen MR) is 91.5 cm³/mol. The first-order chi connectivity index (χ1) is 11.9. The lowest BCUT2D eigenvalue weighted by Crippen LogP contribution is -2.36. The van der Waals surface area contributed by atoms with Crippen molar-refractivity contribution in [3.63, 3.8) is 0 Å². The first kappa shape index (κ1) is 17.2. The summed E-state index contributed by atoms with van der Waals surface area (Å²) < 4.78 is 5.20. The Kier molecular flexibility index (Phi) is 4.61. The molecule has 6 nitrogen and oxygen atoms in total. The molecule has 1 aliphatic rings. The molecular weight excluding hydrogens is 320 g/mol. The van der Waals surface area contributed by atoms with Crippen LogP contribution in [0.5, 0.6) is 0 Å². The van der Waals surface area contributed by atoms with Crippen LogP contribution in [0.25, 0.3) is 0 Å². The number of carbonyl (C=O) groups is 2. The number of nitrogens with zero attached hydrogens (tertiary/aromatic N) is 2. The van der Waals surface area contributed by atoms with Gasteiger partial charge in [-0.05, 0) is 49.4 Å². The molecule has 1 N–H and O–H groups in total. The van der Waals surface area contributed by atoms with E-state index in [1.54, 1.807) is 12.1 Å². The van der Waals surface area contributed by atoms with Crippen molar-refractivity contribution >= 4 is 11.9 Å². The van der Waals surface area contributed by atoms with Crippen molar-refractivity contribution in [2.75, 3.05) is 6.54 Å². The molecule has 0 spiro atoms. The van der Waals surface area contributed by atoms with Gasteiger partial charge in [0, 0.05) is 25.1 Å². The van der Waals surface area contributed by atoms with Crippen LogP contribution >= 0.6 is 0 Å². The van der Waals surface area contributed by atoms with Crippen LogP contribution in [0.15, 0.2) is 22.7 Å². The Labute approximate surface area is 146 Å². The van der Waals surface area contributed by atoms with Gasteiger partial charge in [0.15, 0.2) is 0 Å². The second-order valence-electron chi connectivity index (χ2n) is 6.70. The Balaban J connectivity index is 1.72. The molecule has 3 rings (SSSR count). The Morgan fingerprint density at radius 3 is 2.72 bits per heavy atom. The smallest absolute Gasteiger partial charge is 0.335 e. The highest BCUT2D eigenvalue weighted by atomic mass is 16.5. The van der Waals surface area contributed by atoms with Gasteiger partial charge in [0.05, 0.1) is 11.3 Å². The molecule has 0 radical (unpaired) electrons. The summed E-state index contributed by atoms with van der Waals surface area (Å²) in [6.07, 6.45) is 1.14. The van der Waals surface area contributed by atoms with E-state index in [-0.39, 0.29) is 17.4 Å². The summed E-state index contributed by atoms with van der Waals surface area (Å²) in [5.74, 6) is -0.0875. The molecule has 0 saturated carbocycles. The third-order valence-corrected chi connectivity index (χ3v) is 4.88. The normalized spacial score (nSPS) is 14.9. The standard InChI is InChI=1S/C19H22N2O4/c1-11(18-12(2)20-25-13(18)3)8-17(22)21-7-6-14-4-5-15(19(23)24)9-16(14)10-21/h4-5,9,11H,6-8,10H2,1-3H3,(H,23,24). The van der Waals surface area contributed by atoms with Crippen LogP contribution in [0.1, 0.15) is 57.8 Å². The monoisotopic (exact) mass is 342 g/mol. The van der Waals surface area contributed by atoms with E-state index in [4.69, 9.17) is 9.63 Å². The van der Waals surface area contributed by atoms with Gasteiger partial charge in [-0.1, -0.05) is 18.1 Å². The number of carbonyl (C=O) groups excluding carboxylic acids is 1. The van der Waals surface area contributed by atoms with Crippen LogP contribution in [0.2, 0.25) is 0 Å². The number of aromatic nitrogens is 1. The number of aromatic carboxylic acids is 1. The van der Waals surface area contributed by atoms with Gasteiger partial charge in [-0.15, -0.1) is 0 Å². The maximum Gasteiger partial charge on any atom is 0.335 e. The van der Waals surface area contributed by atoms with Gasteiger partial charge in [0.2, 0.25) is 5.91 Å². The highest BCUT2D eigenvalue weighted by molar-refractivity contribution is 5.88. The molecule has 0 bridgehead atoms. The molecule has 1 aromatic carbocycles. The number of carboxylic acids is 1. The zero-order chi connectivity index (χ0) is 18.1. The largest absolute Gasteiger partial charge is 0.478 e. The molecule has 1 unspecified atom stereocenters. The number of hydrogen-bond donors (Lipinski definition) is 1. The molecule has 0 fully saturated rings. The highest BCUT2D eigenvalue weighted by Crippen LogP contribution is 2.28. The number of carboxylic acid groups (broad SMARTS) is 1. The fourth-order valence-corrected chi connectivity index (χ4v) is 3.59. The van der Waals surface area contributed by atoms with E-state index in [1.807, 2.05) is 31.7 Å². The fraction of sp³-hybridized carbons (Fsp3) is 0.421. The van der Waals surface area contributed by atoms with Crippen molar-refractivity contribution in [3.8, 4) is 0 Å². The van der Waals surface area contributed by atoms with E-state index in [0.717, 1.165) is 34.6 Å². The summed E-state index contributed by atoms with van der Waals surface area (Å²) in [5.41, 5.74) is 4.13. The van der Waals surface area contributed by atoms with Crippen LogP contribution in [-0.4, -0.2) is 33.6 Å². The predicted octanol–water partition coefficient (Wildman–Crippen LogP) is 3.07. The van der Waals surface area contributed by atoms with Gasteiger partial charge in [-0.25, -0.2) is 4.79 Å². The number of fused-ring (bicyclic) bond motifs is 1. The van der Waals surface area contributed by atoms with E-state index in [0.29, 0.717) is 19.5 Å². The van der Waals surface area contributed by atoms with Gasteiger partial charge in [0.25, 0.3) is 0 Å². The van der Waals surface area contributed by atoms with Crippen molar-refractivity contribution in [3.05, 3.63) is 51.9 Å². The Morgan fingerprint density at radius 2 is 2.08 bits per heavy atom. The summed E-state index contributed by atoms with van der Waals surface area (Å²) in [4.78, 5) is 25.7. The zero-order valence-electron chi connectivity index (χ0n) is 14.7.